The monoisotopic (exact) mass is 400 g/mol. The van der Waals surface area contributed by atoms with E-state index in [2.05, 4.69) is 10.6 Å². The number of amides is 1. The molecule has 0 bridgehead atoms. The molecular weight excluding hydrogens is 376 g/mol. The first-order valence-electron chi connectivity index (χ1n) is 9.06. The average Bonchev–Trinajstić information content (AvgIpc) is 2.68. The van der Waals surface area contributed by atoms with E-state index in [1.807, 2.05) is 32.0 Å². The Morgan fingerprint density at radius 3 is 2.46 bits per heavy atom. The molecule has 2 rings (SSSR count). The number of carbonyl (C=O) groups is 2. The van der Waals surface area contributed by atoms with Crippen LogP contribution in [0.5, 0.6) is 5.75 Å². The largest absolute Gasteiger partial charge is 0.483 e. The van der Waals surface area contributed by atoms with Crippen molar-refractivity contribution in [1.82, 2.24) is 5.32 Å². The maximum atomic E-state index is 12.0. The van der Waals surface area contributed by atoms with Gasteiger partial charge in [-0.1, -0.05) is 31.5 Å². The maximum Gasteiger partial charge on any atom is 0.338 e. The SMILES string of the molecule is CCCCOC(=O)c1ccc(NC(=S)NC(=O)COc2ccccc2C)cc1. The molecule has 0 spiro atoms. The fourth-order valence-electron chi connectivity index (χ4n) is 2.27. The van der Waals surface area contributed by atoms with E-state index in [0.717, 1.165) is 18.4 Å². The molecule has 0 saturated carbocycles. The molecule has 0 aliphatic rings. The van der Waals surface area contributed by atoms with Crippen molar-refractivity contribution in [3.63, 3.8) is 0 Å². The fourth-order valence-corrected chi connectivity index (χ4v) is 2.50. The lowest BCUT2D eigenvalue weighted by Crippen LogP contribution is -2.37. The molecule has 0 saturated heterocycles. The highest BCUT2D eigenvalue weighted by Gasteiger charge is 2.09. The van der Waals surface area contributed by atoms with Gasteiger partial charge in [0.05, 0.1) is 12.2 Å². The quantitative estimate of drug-likeness (QED) is 0.398. The summed E-state index contributed by atoms with van der Waals surface area (Å²) in [6.07, 6.45) is 1.81. The molecule has 0 radical (unpaired) electrons. The number of ether oxygens (including phenoxy) is 2. The highest BCUT2D eigenvalue weighted by molar-refractivity contribution is 7.80. The van der Waals surface area contributed by atoms with Crippen molar-refractivity contribution in [3.05, 3.63) is 59.7 Å². The molecule has 2 N–H and O–H groups in total. The first-order chi connectivity index (χ1) is 13.5. The van der Waals surface area contributed by atoms with Crippen molar-refractivity contribution in [3.8, 4) is 5.75 Å². The zero-order valence-electron chi connectivity index (χ0n) is 16.0. The fraction of sp³-hybridized carbons (Fsp3) is 0.286. The number of hydrogen-bond donors (Lipinski definition) is 2. The number of rotatable bonds is 8. The minimum absolute atomic E-state index is 0.144. The third-order valence-corrected chi connectivity index (χ3v) is 4.02. The van der Waals surface area contributed by atoms with Crippen LogP contribution in [0.2, 0.25) is 0 Å². The zero-order valence-corrected chi connectivity index (χ0v) is 16.8. The molecule has 0 aromatic heterocycles. The number of aryl methyl sites for hydroxylation is 1. The molecule has 2 aromatic carbocycles. The molecule has 2 aromatic rings. The highest BCUT2D eigenvalue weighted by Crippen LogP contribution is 2.15. The van der Waals surface area contributed by atoms with Crippen LogP contribution >= 0.6 is 12.2 Å². The van der Waals surface area contributed by atoms with E-state index in [0.29, 0.717) is 23.6 Å². The Hall–Kier alpha value is -2.93. The van der Waals surface area contributed by atoms with Crippen molar-refractivity contribution >= 4 is 34.9 Å². The molecule has 0 unspecified atom stereocenters. The summed E-state index contributed by atoms with van der Waals surface area (Å²) in [6, 6.07) is 14.1. The van der Waals surface area contributed by atoms with E-state index in [1.54, 1.807) is 30.3 Å². The molecule has 0 aliphatic heterocycles. The summed E-state index contributed by atoms with van der Waals surface area (Å²) in [7, 11) is 0. The van der Waals surface area contributed by atoms with Gasteiger partial charge in [-0.25, -0.2) is 4.79 Å². The summed E-state index contributed by atoms with van der Waals surface area (Å²) in [4.78, 5) is 23.8. The number of anilines is 1. The van der Waals surface area contributed by atoms with Gasteiger partial charge in [0.25, 0.3) is 5.91 Å². The van der Waals surface area contributed by atoms with Crippen LogP contribution in [0.1, 0.15) is 35.7 Å². The smallest absolute Gasteiger partial charge is 0.338 e. The second kappa shape index (κ2) is 11.0. The van der Waals surface area contributed by atoms with E-state index < -0.39 is 0 Å². The second-order valence-corrected chi connectivity index (χ2v) is 6.53. The predicted octanol–water partition coefficient (Wildman–Crippen LogP) is 3.84. The van der Waals surface area contributed by atoms with Crippen LogP contribution in [-0.2, 0) is 9.53 Å². The number of para-hydroxylation sites is 1. The number of hydrogen-bond acceptors (Lipinski definition) is 5. The number of benzene rings is 2. The number of esters is 1. The van der Waals surface area contributed by atoms with Gasteiger partial charge in [-0.15, -0.1) is 0 Å². The van der Waals surface area contributed by atoms with Crippen LogP contribution in [-0.4, -0.2) is 30.2 Å². The van der Waals surface area contributed by atoms with Gasteiger partial charge in [0.1, 0.15) is 5.75 Å². The molecule has 148 valence electrons. The first-order valence-corrected chi connectivity index (χ1v) is 9.47. The van der Waals surface area contributed by atoms with Gasteiger partial charge in [-0.2, -0.15) is 0 Å². The van der Waals surface area contributed by atoms with Gasteiger partial charge in [0.15, 0.2) is 11.7 Å². The lowest BCUT2D eigenvalue weighted by Gasteiger charge is -2.11. The van der Waals surface area contributed by atoms with E-state index in [-0.39, 0.29) is 23.6 Å². The van der Waals surface area contributed by atoms with Crippen LogP contribution in [0.3, 0.4) is 0 Å². The summed E-state index contributed by atoms with van der Waals surface area (Å²) in [5, 5.41) is 5.60. The molecule has 0 heterocycles. The third kappa shape index (κ3) is 7.00. The van der Waals surface area contributed by atoms with Crippen LogP contribution in [0.25, 0.3) is 0 Å². The Bertz CT molecular complexity index is 821. The van der Waals surface area contributed by atoms with Crippen molar-refractivity contribution in [2.75, 3.05) is 18.5 Å². The third-order valence-electron chi connectivity index (χ3n) is 3.81. The highest BCUT2D eigenvalue weighted by atomic mass is 32.1. The summed E-state index contributed by atoms with van der Waals surface area (Å²) in [6.45, 7) is 4.21. The number of unbranched alkanes of at least 4 members (excludes halogenated alkanes) is 1. The molecule has 0 fully saturated rings. The molecule has 1 amide bonds. The molecule has 7 heteroatoms. The number of nitrogens with one attached hydrogen (secondary N) is 2. The minimum Gasteiger partial charge on any atom is -0.483 e. The van der Waals surface area contributed by atoms with Crippen LogP contribution < -0.4 is 15.4 Å². The zero-order chi connectivity index (χ0) is 20.4. The lowest BCUT2D eigenvalue weighted by atomic mass is 10.2. The van der Waals surface area contributed by atoms with Crippen molar-refractivity contribution in [2.45, 2.75) is 26.7 Å². The Kier molecular flexibility index (Phi) is 8.42. The van der Waals surface area contributed by atoms with Gasteiger partial charge >= 0.3 is 5.97 Å². The summed E-state index contributed by atoms with van der Waals surface area (Å²) in [5.74, 6) is -0.0703. The molecule has 28 heavy (non-hydrogen) atoms. The summed E-state index contributed by atoms with van der Waals surface area (Å²) < 4.78 is 10.6. The van der Waals surface area contributed by atoms with E-state index in [4.69, 9.17) is 21.7 Å². The Morgan fingerprint density at radius 1 is 1.07 bits per heavy atom. The average molecular weight is 401 g/mol. The molecule has 6 nitrogen and oxygen atoms in total. The van der Waals surface area contributed by atoms with Gasteiger partial charge in [0.2, 0.25) is 0 Å². The predicted molar refractivity (Wildman–Crippen MR) is 113 cm³/mol. The maximum absolute atomic E-state index is 12.0. The van der Waals surface area contributed by atoms with E-state index >= 15 is 0 Å². The summed E-state index contributed by atoms with van der Waals surface area (Å²) >= 11 is 5.13. The van der Waals surface area contributed by atoms with Crippen LogP contribution in [0.15, 0.2) is 48.5 Å². The Balaban J connectivity index is 1.78. The molecule has 0 atom stereocenters. The standard InChI is InChI=1S/C21H24N2O4S/c1-3-4-13-26-20(25)16-9-11-17(12-10-16)22-21(28)23-19(24)14-27-18-8-6-5-7-15(18)2/h5-12H,3-4,13-14H2,1-2H3,(H2,22,23,24,28). The summed E-state index contributed by atoms with van der Waals surface area (Å²) in [5.41, 5.74) is 2.06. The Labute approximate surface area is 170 Å². The van der Waals surface area contributed by atoms with Gasteiger partial charge in [-0.3, -0.25) is 10.1 Å². The van der Waals surface area contributed by atoms with Crippen LogP contribution in [0.4, 0.5) is 5.69 Å². The Morgan fingerprint density at radius 2 is 1.79 bits per heavy atom. The molecular formula is C21H24N2O4S. The van der Waals surface area contributed by atoms with Gasteiger partial charge in [0, 0.05) is 5.69 Å². The van der Waals surface area contributed by atoms with E-state index in [1.165, 1.54) is 0 Å². The van der Waals surface area contributed by atoms with Gasteiger partial charge < -0.3 is 14.8 Å². The number of thiocarbonyl (C=S) groups is 1. The second-order valence-electron chi connectivity index (χ2n) is 6.12. The molecule has 0 aliphatic carbocycles. The minimum atomic E-state index is -0.364. The van der Waals surface area contributed by atoms with Gasteiger partial charge in [-0.05, 0) is 61.5 Å². The van der Waals surface area contributed by atoms with Crippen molar-refractivity contribution < 1.29 is 19.1 Å². The topological polar surface area (TPSA) is 76.7 Å². The van der Waals surface area contributed by atoms with Crippen molar-refractivity contribution in [2.24, 2.45) is 0 Å². The van der Waals surface area contributed by atoms with E-state index in [9.17, 15) is 9.59 Å². The normalized spacial score (nSPS) is 10.1. The van der Waals surface area contributed by atoms with Crippen molar-refractivity contribution in [1.29, 1.82) is 0 Å². The number of carbonyl (C=O) groups excluding carboxylic acids is 2. The lowest BCUT2D eigenvalue weighted by molar-refractivity contribution is -0.121. The first kappa shape index (κ1) is 21.4. The van der Waals surface area contributed by atoms with Crippen LogP contribution in [0, 0.1) is 6.92 Å².